The quantitative estimate of drug-likeness (QED) is 0.220. The zero-order valence-electron chi connectivity index (χ0n) is 20.1. The average molecular weight is 540 g/mol. The first-order valence-electron chi connectivity index (χ1n) is 11.5. The summed E-state index contributed by atoms with van der Waals surface area (Å²) in [5.74, 6) is 0.102. The molecule has 0 spiro atoms. The van der Waals surface area contributed by atoms with Crippen molar-refractivity contribution in [1.82, 2.24) is 24.8 Å². The number of thioether (sulfide) groups is 1. The SMILES string of the molecule is Cc1ccc(S(=O)(=O)N(CC(=O)NCCSc2n[nH]c(-c3ccccc3)n2)Cc2ccccc2F)cc1. The third kappa shape index (κ3) is 7.03. The second-order valence-corrected chi connectivity index (χ2v) is 11.2. The number of aryl methyl sites for hydroxylation is 1. The van der Waals surface area contributed by atoms with Crippen LogP contribution in [0.1, 0.15) is 11.1 Å². The van der Waals surface area contributed by atoms with Gasteiger partial charge in [-0.2, -0.15) is 4.31 Å². The molecular weight excluding hydrogens is 513 g/mol. The van der Waals surface area contributed by atoms with Crippen LogP contribution in [-0.4, -0.2) is 52.7 Å². The second kappa shape index (κ2) is 12.1. The number of aromatic nitrogens is 3. The van der Waals surface area contributed by atoms with Crippen LogP contribution in [0, 0.1) is 12.7 Å². The van der Waals surface area contributed by atoms with Crippen molar-refractivity contribution in [2.24, 2.45) is 0 Å². The van der Waals surface area contributed by atoms with E-state index in [1.165, 1.54) is 42.1 Å². The highest BCUT2D eigenvalue weighted by atomic mass is 32.2. The summed E-state index contributed by atoms with van der Waals surface area (Å²) >= 11 is 1.36. The zero-order chi connectivity index (χ0) is 26.3. The molecule has 1 heterocycles. The maximum Gasteiger partial charge on any atom is 0.243 e. The number of hydrogen-bond acceptors (Lipinski definition) is 6. The van der Waals surface area contributed by atoms with Crippen LogP contribution >= 0.6 is 11.8 Å². The summed E-state index contributed by atoms with van der Waals surface area (Å²) in [6.07, 6.45) is 0. The van der Waals surface area contributed by atoms with Gasteiger partial charge in [0.1, 0.15) is 5.82 Å². The molecule has 0 atom stereocenters. The largest absolute Gasteiger partial charge is 0.354 e. The van der Waals surface area contributed by atoms with Crippen molar-refractivity contribution in [2.45, 2.75) is 23.5 Å². The molecule has 11 heteroatoms. The molecule has 4 aromatic rings. The minimum atomic E-state index is -4.05. The van der Waals surface area contributed by atoms with Crippen LogP contribution < -0.4 is 5.32 Å². The van der Waals surface area contributed by atoms with Gasteiger partial charge in [0.15, 0.2) is 5.82 Å². The number of carbonyl (C=O) groups excluding carboxylic acids is 1. The number of benzene rings is 3. The molecule has 1 amide bonds. The number of hydrogen-bond donors (Lipinski definition) is 2. The van der Waals surface area contributed by atoms with E-state index in [0.717, 1.165) is 15.4 Å². The maximum atomic E-state index is 14.3. The molecule has 0 saturated carbocycles. The van der Waals surface area contributed by atoms with Crippen molar-refractivity contribution in [3.63, 3.8) is 0 Å². The van der Waals surface area contributed by atoms with Gasteiger partial charge in [-0.1, -0.05) is 78.0 Å². The number of nitrogens with zero attached hydrogens (tertiary/aromatic N) is 3. The lowest BCUT2D eigenvalue weighted by Gasteiger charge is -2.22. The molecule has 8 nitrogen and oxygen atoms in total. The molecule has 0 saturated heterocycles. The molecule has 0 fully saturated rings. The van der Waals surface area contributed by atoms with Gasteiger partial charge in [0.05, 0.1) is 11.4 Å². The average Bonchev–Trinajstić information content (AvgIpc) is 3.37. The number of aromatic amines is 1. The van der Waals surface area contributed by atoms with Crippen LogP contribution in [0.2, 0.25) is 0 Å². The standard InChI is InChI=1S/C26H26FN5O3S2/c1-19-11-13-22(14-12-19)37(34,35)32(17-21-9-5-6-10-23(21)27)18-24(33)28-15-16-36-26-29-25(30-31-26)20-7-3-2-4-8-20/h2-14H,15-18H2,1H3,(H,28,33)(H,29,30,31). The molecule has 0 unspecified atom stereocenters. The Morgan fingerprint density at radius 1 is 1.03 bits per heavy atom. The van der Waals surface area contributed by atoms with E-state index in [0.29, 0.717) is 16.7 Å². The molecule has 37 heavy (non-hydrogen) atoms. The normalized spacial score (nSPS) is 11.5. The van der Waals surface area contributed by atoms with E-state index in [1.54, 1.807) is 18.2 Å². The van der Waals surface area contributed by atoms with E-state index in [9.17, 15) is 17.6 Å². The molecule has 0 bridgehead atoms. The van der Waals surface area contributed by atoms with Crippen molar-refractivity contribution >= 4 is 27.7 Å². The Kier molecular flexibility index (Phi) is 8.70. The van der Waals surface area contributed by atoms with E-state index < -0.39 is 28.3 Å². The fraction of sp³-hybridized carbons (Fsp3) is 0.192. The molecule has 0 aliphatic heterocycles. The Bertz CT molecular complexity index is 1440. The summed E-state index contributed by atoms with van der Waals surface area (Å²) in [5, 5.41) is 10.3. The third-order valence-electron chi connectivity index (χ3n) is 5.45. The molecule has 0 aliphatic carbocycles. The van der Waals surface area contributed by atoms with Crippen molar-refractivity contribution in [3.05, 3.63) is 95.8 Å². The van der Waals surface area contributed by atoms with E-state index in [4.69, 9.17) is 0 Å². The highest BCUT2D eigenvalue weighted by Gasteiger charge is 2.27. The Morgan fingerprint density at radius 2 is 1.73 bits per heavy atom. The second-order valence-electron chi connectivity index (χ2n) is 8.21. The molecule has 0 radical (unpaired) electrons. The maximum absolute atomic E-state index is 14.3. The Labute approximate surface area is 219 Å². The van der Waals surface area contributed by atoms with Crippen molar-refractivity contribution in [3.8, 4) is 11.4 Å². The Balaban J connectivity index is 1.37. The van der Waals surface area contributed by atoms with Gasteiger partial charge in [-0.25, -0.2) is 17.8 Å². The van der Waals surface area contributed by atoms with Crippen LogP contribution in [0.4, 0.5) is 4.39 Å². The number of rotatable bonds is 11. The zero-order valence-corrected chi connectivity index (χ0v) is 21.7. The summed E-state index contributed by atoms with van der Waals surface area (Å²) < 4.78 is 42.0. The van der Waals surface area contributed by atoms with E-state index >= 15 is 0 Å². The fourth-order valence-corrected chi connectivity index (χ4v) is 5.51. The summed E-state index contributed by atoms with van der Waals surface area (Å²) in [7, 11) is -4.05. The van der Waals surface area contributed by atoms with Gasteiger partial charge in [-0.3, -0.25) is 9.89 Å². The van der Waals surface area contributed by atoms with Gasteiger partial charge in [-0.05, 0) is 25.1 Å². The summed E-state index contributed by atoms with van der Waals surface area (Å²) in [4.78, 5) is 17.2. The van der Waals surface area contributed by atoms with Crippen LogP contribution in [0.25, 0.3) is 11.4 Å². The van der Waals surface area contributed by atoms with Crippen LogP contribution in [0.3, 0.4) is 0 Å². The monoisotopic (exact) mass is 539 g/mol. The lowest BCUT2D eigenvalue weighted by Crippen LogP contribution is -2.41. The molecule has 1 aromatic heterocycles. The van der Waals surface area contributed by atoms with Gasteiger partial charge >= 0.3 is 0 Å². The lowest BCUT2D eigenvalue weighted by atomic mass is 10.2. The van der Waals surface area contributed by atoms with Crippen molar-refractivity contribution in [1.29, 1.82) is 0 Å². The number of H-pyrrole nitrogens is 1. The highest BCUT2D eigenvalue weighted by Crippen LogP contribution is 2.21. The number of nitrogens with one attached hydrogen (secondary N) is 2. The molecule has 0 aliphatic rings. The van der Waals surface area contributed by atoms with Gasteiger partial charge in [-0.15, -0.1) is 5.10 Å². The lowest BCUT2D eigenvalue weighted by molar-refractivity contribution is -0.121. The molecular formula is C26H26FN5O3S2. The topological polar surface area (TPSA) is 108 Å². The molecule has 2 N–H and O–H groups in total. The molecule has 3 aromatic carbocycles. The van der Waals surface area contributed by atoms with Gasteiger partial charge in [0.25, 0.3) is 0 Å². The number of sulfonamides is 1. The molecule has 192 valence electrons. The van der Waals surface area contributed by atoms with E-state index in [-0.39, 0.29) is 23.5 Å². The van der Waals surface area contributed by atoms with Crippen LogP contribution in [-0.2, 0) is 21.4 Å². The van der Waals surface area contributed by atoms with Crippen molar-refractivity contribution in [2.75, 3.05) is 18.8 Å². The van der Waals surface area contributed by atoms with E-state index in [2.05, 4.69) is 20.5 Å². The highest BCUT2D eigenvalue weighted by molar-refractivity contribution is 7.99. The third-order valence-corrected chi connectivity index (χ3v) is 8.11. The molecule has 4 rings (SSSR count). The minimum absolute atomic E-state index is 0.0385. The Morgan fingerprint density at radius 3 is 2.46 bits per heavy atom. The smallest absolute Gasteiger partial charge is 0.243 e. The first-order chi connectivity index (χ1) is 17.8. The fourth-order valence-electron chi connectivity index (χ4n) is 3.49. The number of carbonyl (C=O) groups is 1. The van der Waals surface area contributed by atoms with Crippen LogP contribution in [0.5, 0.6) is 0 Å². The Hall–Kier alpha value is -3.54. The minimum Gasteiger partial charge on any atom is -0.354 e. The van der Waals surface area contributed by atoms with Crippen LogP contribution in [0.15, 0.2) is 88.9 Å². The first-order valence-corrected chi connectivity index (χ1v) is 13.9. The predicted octanol–water partition coefficient (Wildman–Crippen LogP) is 4.02. The predicted molar refractivity (Wildman–Crippen MR) is 141 cm³/mol. The number of amides is 1. The van der Waals surface area contributed by atoms with E-state index in [1.807, 2.05) is 37.3 Å². The van der Waals surface area contributed by atoms with Gasteiger partial charge in [0, 0.05) is 30.0 Å². The summed E-state index contributed by atoms with van der Waals surface area (Å²) in [6, 6.07) is 21.8. The van der Waals surface area contributed by atoms with Gasteiger partial charge < -0.3 is 5.32 Å². The van der Waals surface area contributed by atoms with Crippen molar-refractivity contribution < 1.29 is 17.6 Å². The van der Waals surface area contributed by atoms with Gasteiger partial charge in [0.2, 0.25) is 21.1 Å². The summed E-state index contributed by atoms with van der Waals surface area (Å²) in [6.45, 7) is 1.40. The number of halogens is 1. The summed E-state index contributed by atoms with van der Waals surface area (Å²) in [5.41, 5.74) is 2.00. The first kappa shape index (κ1) is 26.5.